The highest BCUT2D eigenvalue weighted by molar-refractivity contribution is 5.80. The maximum absolute atomic E-state index is 12.2. The van der Waals surface area contributed by atoms with E-state index in [1.807, 2.05) is 50.2 Å². The minimum atomic E-state index is -0.507. The number of hydrogen-bond acceptors (Lipinski definition) is 3. The fourth-order valence-electron chi connectivity index (χ4n) is 2.56. The van der Waals surface area contributed by atoms with Crippen molar-refractivity contribution in [2.75, 3.05) is 25.0 Å². The molecule has 2 aromatic carbocycles. The predicted octanol–water partition coefficient (Wildman–Crippen LogP) is 3.71. The average Bonchev–Trinajstić information content (AvgIpc) is 2.62. The second kappa shape index (κ2) is 9.11. The zero-order valence-corrected chi connectivity index (χ0v) is 15.6. The summed E-state index contributed by atoms with van der Waals surface area (Å²) in [6.07, 6.45) is 0.375. The van der Waals surface area contributed by atoms with Crippen molar-refractivity contribution >= 4 is 11.6 Å². The van der Waals surface area contributed by atoms with E-state index in [2.05, 4.69) is 29.4 Å². The summed E-state index contributed by atoms with van der Waals surface area (Å²) in [4.78, 5) is 14.4. The van der Waals surface area contributed by atoms with Crippen molar-refractivity contribution in [3.8, 4) is 5.75 Å². The Morgan fingerprint density at radius 1 is 1.16 bits per heavy atom. The molecular weight excluding hydrogens is 312 g/mol. The van der Waals surface area contributed by atoms with Crippen LogP contribution in [0.4, 0.5) is 5.69 Å². The van der Waals surface area contributed by atoms with Gasteiger partial charge in [-0.25, -0.2) is 0 Å². The third-order valence-electron chi connectivity index (χ3n) is 4.18. The van der Waals surface area contributed by atoms with Crippen LogP contribution < -0.4 is 15.0 Å². The Morgan fingerprint density at radius 2 is 1.88 bits per heavy atom. The summed E-state index contributed by atoms with van der Waals surface area (Å²) in [7, 11) is 2.06. The first-order chi connectivity index (χ1) is 12.0. The molecule has 0 radical (unpaired) electrons. The Labute approximate surface area is 150 Å². The SMILES string of the molecule is Cc1ccc(C)c(OC(C)C(=O)NCCCN(C)c2ccccc2)c1. The van der Waals surface area contributed by atoms with Crippen molar-refractivity contribution in [3.63, 3.8) is 0 Å². The summed E-state index contributed by atoms with van der Waals surface area (Å²) in [6.45, 7) is 7.30. The molecule has 0 heterocycles. The quantitative estimate of drug-likeness (QED) is 0.745. The van der Waals surface area contributed by atoms with Crippen LogP contribution in [0.1, 0.15) is 24.5 Å². The van der Waals surface area contributed by atoms with Crippen molar-refractivity contribution in [1.29, 1.82) is 0 Å². The van der Waals surface area contributed by atoms with Crippen LogP contribution in [0.25, 0.3) is 0 Å². The molecule has 134 valence electrons. The summed E-state index contributed by atoms with van der Waals surface area (Å²) >= 11 is 0. The number of carbonyl (C=O) groups excluding carboxylic acids is 1. The second-order valence-corrected chi connectivity index (χ2v) is 6.43. The Balaban J connectivity index is 1.73. The van der Waals surface area contributed by atoms with Gasteiger partial charge >= 0.3 is 0 Å². The topological polar surface area (TPSA) is 41.6 Å². The van der Waals surface area contributed by atoms with Gasteiger partial charge in [-0.05, 0) is 56.5 Å². The molecule has 2 rings (SSSR count). The molecule has 0 saturated heterocycles. The van der Waals surface area contributed by atoms with E-state index < -0.39 is 6.10 Å². The summed E-state index contributed by atoms with van der Waals surface area (Å²) < 4.78 is 5.81. The maximum Gasteiger partial charge on any atom is 0.260 e. The molecule has 0 saturated carbocycles. The lowest BCUT2D eigenvalue weighted by Crippen LogP contribution is -2.37. The van der Waals surface area contributed by atoms with E-state index in [-0.39, 0.29) is 5.91 Å². The predicted molar refractivity (Wildman–Crippen MR) is 103 cm³/mol. The molecule has 2 aromatic rings. The van der Waals surface area contributed by atoms with E-state index in [1.165, 1.54) is 5.69 Å². The molecule has 4 heteroatoms. The molecule has 0 fully saturated rings. The van der Waals surface area contributed by atoms with E-state index >= 15 is 0 Å². The highest BCUT2D eigenvalue weighted by Gasteiger charge is 2.15. The summed E-state index contributed by atoms with van der Waals surface area (Å²) in [5, 5.41) is 2.95. The minimum Gasteiger partial charge on any atom is -0.481 e. The van der Waals surface area contributed by atoms with Gasteiger partial charge in [0.2, 0.25) is 0 Å². The number of carbonyl (C=O) groups is 1. The Hall–Kier alpha value is -2.49. The van der Waals surface area contributed by atoms with E-state index in [9.17, 15) is 4.79 Å². The summed E-state index contributed by atoms with van der Waals surface area (Å²) in [6, 6.07) is 16.2. The van der Waals surface area contributed by atoms with Crippen LogP contribution in [-0.2, 0) is 4.79 Å². The zero-order chi connectivity index (χ0) is 18.2. The molecule has 1 amide bonds. The fraction of sp³-hybridized carbons (Fsp3) is 0.381. The molecule has 0 spiro atoms. The monoisotopic (exact) mass is 340 g/mol. The molecule has 0 bridgehead atoms. The maximum atomic E-state index is 12.2. The van der Waals surface area contributed by atoms with Gasteiger partial charge in [-0.15, -0.1) is 0 Å². The second-order valence-electron chi connectivity index (χ2n) is 6.43. The fourth-order valence-corrected chi connectivity index (χ4v) is 2.56. The van der Waals surface area contributed by atoms with Gasteiger partial charge in [-0.1, -0.05) is 30.3 Å². The number of ether oxygens (including phenoxy) is 1. The van der Waals surface area contributed by atoms with Crippen LogP contribution in [0.15, 0.2) is 48.5 Å². The molecule has 1 unspecified atom stereocenters. The van der Waals surface area contributed by atoms with E-state index in [1.54, 1.807) is 6.92 Å². The van der Waals surface area contributed by atoms with E-state index in [0.29, 0.717) is 6.54 Å². The highest BCUT2D eigenvalue weighted by Crippen LogP contribution is 2.20. The largest absolute Gasteiger partial charge is 0.481 e. The molecule has 0 aliphatic rings. The molecule has 1 N–H and O–H groups in total. The Bertz CT molecular complexity index is 686. The van der Waals surface area contributed by atoms with Crippen molar-refractivity contribution in [2.24, 2.45) is 0 Å². The lowest BCUT2D eigenvalue weighted by molar-refractivity contribution is -0.127. The van der Waals surface area contributed by atoms with Crippen LogP contribution in [0, 0.1) is 13.8 Å². The third-order valence-corrected chi connectivity index (χ3v) is 4.18. The number of rotatable bonds is 8. The van der Waals surface area contributed by atoms with Crippen LogP contribution in [0.2, 0.25) is 0 Å². The molecule has 1 atom stereocenters. The van der Waals surface area contributed by atoms with Gasteiger partial charge in [-0.2, -0.15) is 0 Å². The van der Waals surface area contributed by atoms with Gasteiger partial charge in [0, 0.05) is 25.8 Å². The van der Waals surface area contributed by atoms with Crippen molar-refractivity contribution in [2.45, 2.75) is 33.3 Å². The van der Waals surface area contributed by atoms with Crippen LogP contribution >= 0.6 is 0 Å². The number of nitrogens with one attached hydrogen (secondary N) is 1. The van der Waals surface area contributed by atoms with Gasteiger partial charge in [0.1, 0.15) is 5.75 Å². The van der Waals surface area contributed by atoms with Crippen LogP contribution in [0.5, 0.6) is 5.75 Å². The standard InChI is InChI=1S/C21H28N2O2/c1-16-11-12-17(2)20(15-16)25-18(3)21(24)22-13-8-14-23(4)19-9-6-5-7-10-19/h5-7,9-12,15,18H,8,13-14H2,1-4H3,(H,22,24). The molecule has 25 heavy (non-hydrogen) atoms. The third kappa shape index (κ3) is 5.82. The summed E-state index contributed by atoms with van der Waals surface area (Å²) in [5.41, 5.74) is 3.34. The lowest BCUT2D eigenvalue weighted by Gasteiger charge is -2.20. The number of benzene rings is 2. The van der Waals surface area contributed by atoms with Crippen molar-refractivity contribution < 1.29 is 9.53 Å². The molecular formula is C21H28N2O2. The van der Waals surface area contributed by atoms with Crippen molar-refractivity contribution in [3.05, 3.63) is 59.7 Å². The van der Waals surface area contributed by atoms with E-state index in [4.69, 9.17) is 4.74 Å². The van der Waals surface area contributed by atoms with Gasteiger partial charge in [0.25, 0.3) is 5.91 Å². The smallest absolute Gasteiger partial charge is 0.260 e. The van der Waals surface area contributed by atoms with Gasteiger partial charge in [0.05, 0.1) is 0 Å². The number of amides is 1. The first kappa shape index (κ1) is 18.8. The number of aryl methyl sites for hydroxylation is 2. The average molecular weight is 340 g/mol. The highest BCUT2D eigenvalue weighted by atomic mass is 16.5. The lowest BCUT2D eigenvalue weighted by atomic mass is 10.1. The molecule has 0 aliphatic heterocycles. The summed E-state index contributed by atoms with van der Waals surface area (Å²) in [5.74, 6) is 0.690. The first-order valence-corrected chi connectivity index (χ1v) is 8.75. The first-order valence-electron chi connectivity index (χ1n) is 8.75. The molecule has 0 aromatic heterocycles. The zero-order valence-electron chi connectivity index (χ0n) is 15.6. The number of hydrogen-bond donors (Lipinski definition) is 1. The van der Waals surface area contributed by atoms with Crippen LogP contribution in [-0.4, -0.2) is 32.1 Å². The van der Waals surface area contributed by atoms with Gasteiger partial charge in [0.15, 0.2) is 6.10 Å². The Morgan fingerprint density at radius 3 is 2.60 bits per heavy atom. The molecule has 0 aliphatic carbocycles. The van der Waals surface area contributed by atoms with Gasteiger partial charge in [-0.3, -0.25) is 4.79 Å². The van der Waals surface area contributed by atoms with Crippen LogP contribution in [0.3, 0.4) is 0 Å². The van der Waals surface area contributed by atoms with Gasteiger partial charge < -0.3 is 15.0 Å². The Kier molecular flexibility index (Phi) is 6.87. The van der Waals surface area contributed by atoms with E-state index in [0.717, 1.165) is 29.8 Å². The number of anilines is 1. The molecule has 4 nitrogen and oxygen atoms in total. The normalized spacial score (nSPS) is 11.7. The number of nitrogens with zero attached hydrogens (tertiary/aromatic N) is 1. The minimum absolute atomic E-state index is 0.0803. The van der Waals surface area contributed by atoms with Crippen molar-refractivity contribution in [1.82, 2.24) is 5.32 Å². The number of para-hydroxylation sites is 1.